The van der Waals surface area contributed by atoms with E-state index in [1.807, 2.05) is 0 Å². The van der Waals surface area contributed by atoms with Crippen molar-refractivity contribution in [3.63, 3.8) is 0 Å². The molecular formula is C12H24N2O2. The Bertz CT molecular complexity index is 207. The average Bonchev–Trinajstić information content (AvgIpc) is 2.30. The van der Waals surface area contributed by atoms with E-state index in [4.69, 9.17) is 5.73 Å². The van der Waals surface area contributed by atoms with E-state index in [2.05, 4.69) is 19.2 Å². The fourth-order valence-corrected chi connectivity index (χ4v) is 1.44. The number of rotatable bonds is 9. The van der Waals surface area contributed by atoms with E-state index in [1.54, 1.807) is 0 Å². The van der Waals surface area contributed by atoms with Gasteiger partial charge in [-0.1, -0.05) is 39.5 Å². The van der Waals surface area contributed by atoms with Crippen molar-refractivity contribution in [1.82, 2.24) is 5.32 Å². The van der Waals surface area contributed by atoms with Crippen LogP contribution in [0, 0.1) is 0 Å². The first-order valence-corrected chi connectivity index (χ1v) is 6.16. The second-order valence-corrected chi connectivity index (χ2v) is 4.14. The molecule has 0 aromatic heterocycles. The predicted molar refractivity (Wildman–Crippen MR) is 65.0 cm³/mol. The van der Waals surface area contributed by atoms with Crippen LogP contribution in [0.15, 0.2) is 0 Å². The zero-order valence-corrected chi connectivity index (χ0v) is 10.4. The summed E-state index contributed by atoms with van der Waals surface area (Å²) >= 11 is 0. The van der Waals surface area contributed by atoms with Crippen LogP contribution in [-0.2, 0) is 9.59 Å². The zero-order chi connectivity index (χ0) is 12.4. The van der Waals surface area contributed by atoms with Crippen molar-refractivity contribution in [2.75, 3.05) is 0 Å². The number of hydrogen-bond acceptors (Lipinski definition) is 3. The number of aldehydes is 1. The van der Waals surface area contributed by atoms with Crippen molar-refractivity contribution < 1.29 is 9.59 Å². The number of carbonyl (C=O) groups is 2. The van der Waals surface area contributed by atoms with Gasteiger partial charge in [0.05, 0.1) is 12.1 Å². The van der Waals surface area contributed by atoms with Gasteiger partial charge in [0.2, 0.25) is 5.91 Å². The summed E-state index contributed by atoms with van der Waals surface area (Å²) in [6.45, 7) is 4.11. The number of nitrogens with two attached hydrogens (primary N) is 1. The van der Waals surface area contributed by atoms with E-state index >= 15 is 0 Å². The predicted octanol–water partition coefficient (Wildman–Crippen LogP) is 1.38. The van der Waals surface area contributed by atoms with Crippen molar-refractivity contribution in [3.05, 3.63) is 0 Å². The van der Waals surface area contributed by atoms with E-state index < -0.39 is 6.04 Å². The average molecular weight is 228 g/mol. The molecule has 0 heterocycles. The van der Waals surface area contributed by atoms with Crippen LogP contribution in [0.1, 0.15) is 52.4 Å². The largest absolute Gasteiger partial charge is 0.345 e. The first-order chi connectivity index (χ1) is 7.65. The highest BCUT2D eigenvalue weighted by atomic mass is 16.2. The molecule has 0 aromatic carbocycles. The third-order valence-corrected chi connectivity index (χ3v) is 2.57. The van der Waals surface area contributed by atoms with E-state index in [0.717, 1.165) is 32.0 Å². The van der Waals surface area contributed by atoms with Crippen LogP contribution in [0.2, 0.25) is 0 Å². The van der Waals surface area contributed by atoms with Crippen LogP contribution in [-0.4, -0.2) is 24.3 Å². The summed E-state index contributed by atoms with van der Waals surface area (Å²) in [5, 5.41) is 2.68. The fraction of sp³-hybridized carbons (Fsp3) is 0.833. The van der Waals surface area contributed by atoms with Gasteiger partial charge in [-0.3, -0.25) is 4.79 Å². The van der Waals surface area contributed by atoms with E-state index in [0.29, 0.717) is 12.8 Å². The van der Waals surface area contributed by atoms with Gasteiger partial charge >= 0.3 is 0 Å². The molecule has 3 N–H and O–H groups in total. The van der Waals surface area contributed by atoms with Gasteiger partial charge in [0, 0.05) is 0 Å². The van der Waals surface area contributed by atoms with Crippen LogP contribution in [0.25, 0.3) is 0 Å². The molecule has 0 aliphatic rings. The molecule has 0 rings (SSSR count). The molecule has 0 aliphatic heterocycles. The lowest BCUT2D eigenvalue weighted by atomic mass is 10.1. The molecule has 94 valence electrons. The quantitative estimate of drug-likeness (QED) is 0.586. The number of hydrogen-bond donors (Lipinski definition) is 2. The molecule has 2 atom stereocenters. The van der Waals surface area contributed by atoms with Gasteiger partial charge in [0.15, 0.2) is 0 Å². The molecule has 0 saturated heterocycles. The van der Waals surface area contributed by atoms with Crippen LogP contribution in [0.4, 0.5) is 0 Å². The summed E-state index contributed by atoms with van der Waals surface area (Å²) < 4.78 is 0. The van der Waals surface area contributed by atoms with Gasteiger partial charge in [0.25, 0.3) is 0 Å². The van der Waals surface area contributed by atoms with Crippen LogP contribution in [0.5, 0.6) is 0 Å². The monoisotopic (exact) mass is 228 g/mol. The number of carbonyl (C=O) groups excluding carboxylic acids is 2. The van der Waals surface area contributed by atoms with E-state index in [1.165, 1.54) is 0 Å². The van der Waals surface area contributed by atoms with Crippen LogP contribution >= 0.6 is 0 Å². The van der Waals surface area contributed by atoms with Gasteiger partial charge in [-0.2, -0.15) is 0 Å². The Morgan fingerprint density at radius 3 is 2.31 bits per heavy atom. The maximum absolute atomic E-state index is 11.6. The SMILES string of the molecule is CCCCC(C=O)NC(=O)[C@@H](N)CCCC. The molecule has 0 spiro atoms. The minimum atomic E-state index is -0.482. The summed E-state index contributed by atoms with van der Waals surface area (Å²) in [5.74, 6) is -0.207. The van der Waals surface area contributed by atoms with Gasteiger partial charge < -0.3 is 15.8 Å². The summed E-state index contributed by atoms with van der Waals surface area (Å²) in [6, 6.07) is -0.857. The van der Waals surface area contributed by atoms with Crippen LogP contribution in [0.3, 0.4) is 0 Å². The molecule has 4 nitrogen and oxygen atoms in total. The standard InChI is InChI=1S/C12H24N2O2/c1-3-5-7-10(9-15)14-12(16)11(13)8-6-4-2/h9-11H,3-8,13H2,1-2H3,(H,14,16)/t10?,11-/m0/s1. The summed E-state index contributed by atoms with van der Waals surface area (Å²) in [7, 11) is 0. The molecular weight excluding hydrogens is 204 g/mol. The van der Waals surface area contributed by atoms with Crippen molar-refractivity contribution >= 4 is 12.2 Å². The lowest BCUT2D eigenvalue weighted by Crippen LogP contribution is -2.46. The molecule has 0 aliphatic carbocycles. The minimum Gasteiger partial charge on any atom is -0.345 e. The van der Waals surface area contributed by atoms with Gasteiger partial charge in [-0.15, -0.1) is 0 Å². The Hall–Kier alpha value is -0.900. The first kappa shape index (κ1) is 15.1. The topological polar surface area (TPSA) is 72.2 Å². The Morgan fingerprint density at radius 1 is 1.25 bits per heavy atom. The van der Waals surface area contributed by atoms with Gasteiger partial charge in [-0.05, 0) is 12.8 Å². The second kappa shape index (κ2) is 9.33. The molecule has 0 bridgehead atoms. The Morgan fingerprint density at radius 2 is 1.81 bits per heavy atom. The molecule has 0 saturated carbocycles. The fourth-order valence-electron chi connectivity index (χ4n) is 1.44. The van der Waals surface area contributed by atoms with Gasteiger partial charge in [0.1, 0.15) is 6.29 Å². The minimum absolute atomic E-state index is 0.207. The molecule has 0 radical (unpaired) electrons. The summed E-state index contributed by atoms with van der Waals surface area (Å²) in [5.41, 5.74) is 5.71. The Kier molecular flexibility index (Phi) is 8.81. The maximum atomic E-state index is 11.6. The lowest BCUT2D eigenvalue weighted by molar-refractivity contribution is -0.125. The maximum Gasteiger partial charge on any atom is 0.237 e. The van der Waals surface area contributed by atoms with Crippen molar-refractivity contribution in [3.8, 4) is 0 Å². The highest BCUT2D eigenvalue weighted by Crippen LogP contribution is 2.01. The first-order valence-electron chi connectivity index (χ1n) is 6.16. The zero-order valence-electron chi connectivity index (χ0n) is 10.4. The van der Waals surface area contributed by atoms with Crippen LogP contribution < -0.4 is 11.1 Å². The normalized spacial score (nSPS) is 14.2. The molecule has 1 amide bonds. The highest BCUT2D eigenvalue weighted by Gasteiger charge is 2.16. The second-order valence-electron chi connectivity index (χ2n) is 4.14. The number of amides is 1. The molecule has 16 heavy (non-hydrogen) atoms. The lowest BCUT2D eigenvalue weighted by Gasteiger charge is -2.16. The van der Waals surface area contributed by atoms with Crippen molar-refractivity contribution in [2.24, 2.45) is 5.73 Å². The molecule has 4 heteroatoms. The third-order valence-electron chi connectivity index (χ3n) is 2.57. The Labute approximate surface area is 98.0 Å². The smallest absolute Gasteiger partial charge is 0.237 e. The van der Waals surface area contributed by atoms with Crippen molar-refractivity contribution in [2.45, 2.75) is 64.5 Å². The van der Waals surface area contributed by atoms with E-state index in [9.17, 15) is 9.59 Å². The summed E-state index contributed by atoms with van der Waals surface area (Å²) in [4.78, 5) is 22.3. The van der Waals surface area contributed by atoms with E-state index in [-0.39, 0.29) is 11.9 Å². The summed E-state index contributed by atoms with van der Waals surface area (Å²) in [6.07, 6.45) is 6.09. The Balaban J connectivity index is 3.93. The third kappa shape index (κ3) is 6.56. The highest BCUT2D eigenvalue weighted by molar-refractivity contribution is 5.84. The number of nitrogens with one attached hydrogen (secondary N) is 1. The van der Waals surface area contributed by atoms with Gasteiger partial charge in [-0.25, -0.2) is 0 Å². The number of unbranched alkanes of at least 4 members (excludes halogenated alkanes) is 2. The molecule has 1 unspecified atom stereocenters. The molecule has 0 aromatic rings. The van der Waals surface area contributed by atoms with Crippen molar-refractivity contribution in [1.29, 1.82) is 0 Å². The molecule has 0 fully saturated rings.